The van der Waals surface area contributed by atoms with Gasteiger partial charge in [0.1, 0.15) is 11.8 Å². The van der Waals surface area contributed by atoms with Crippen molar-refractivity contribution in [3.05, 3.63) is 54.1 Å². The number of nitrogens with zero attached hydrogens (tertiary/aromatic N) is 1. The zero-order chi connectivity index (χ0) is 21.1. The SMILES string of the molecule is COc1ccc(N(C(C)C(=O)Nc2cccc(C(F)(F)F)c2)S(C)(=O)=O)cc1. The van der Waals surface area contributed by atoms with Crippen LogP contribution >= 0.6 is 0 Å². The summed E-state index contributed by atoms with van der Waals surface area (Å²) in [5, 5.41) is 2.33. The predicted molar refractivity (Wildman–Crippen MR) is 99.9 cm³/mol. The number of nitrogens with one attached hydrogen (secondary N) is 1. The molecule has 0 bridgehead atoms. The molecule has 0 aliphatic rings. The Morgan fingerprint density at radius 3 is 2.25 bits per heavy atom. The average Bonchev–Trinajstić information content (AvgIpc) is 2.60. The molecule has 0 aliphatic heterocycles. The number of halogens is 3. The first-order valence-electron chi connectivity index (χ1n) is 8.05. The van der Waals surface area contributed by atoms with Crippen LogP contribution < -0.4 is 14.4 Å². The van der Waals surface area contributed by atoms with Gasteiger partial charge in [-0.15, -0.1) is 0 Å². The van der Waals surface area contributed by atoms with Crippen LogP contribution in [0.3, 0.4) is 0 Å². The number of benzene rings is 2. The highest BCUT2D eigenvalue weighted by Crippen LogP contribution is 2.31. The molecule has 28 heavy (non-hydrogen) atoms. The third-order valence-electron chi connectivity index (χ3n) is 3.87. The summed E-state index contributed by atoms with van der Waals surface area (Å²) in [5.41, 5.74) is -0.794. The highest BCUT2D eigenvalue weighted by molar-refractivity contribution is 7.92. The molecule has 0 aliphatic carbocycles. The molecule has 0 spiro atoms. The molecule has 0 saturated carbocycles. The van der Waals surface area contributed by atoms with Crippen molar-refractivity contribution in [2.45, 2.75) is 19.1 Å². The van der Waals surface area contributed by atoms with Gasteiger partial charge in [0.05, 0.1) is 24.6 Å². The first-order chi connectivity index (χ1) is 12.9. The molecule has 0 radical (unpaired) electrons. The van der Waals surface area contributed by atoms with Crippen LogP contribution in [0.15, 0.2) is 48.5 Å². The maximum atomic E-state index is 12.8. The molecule has 2 aromatic carbocycles. The highest BCUT2D eigenvalue weighted by atomic mass is 32.2. The number of hydrogen-bond donors (Lipinski definition) is 1. The van der Waals surface area contributed by atoms with Gasteiger partial charge >= 0.3 is 6.18 Å². The Bertz CT molecular complexity index is 944. The van der Waals surface area contributed by atoms with Crippen LogP contribution in [-0.2, 0) is 21.0 Å². The minimum absolute atomic E-state index is 0.0881. The van der Waals surface area contributed by atoms with Gasteiger partial charge in [0, 0.05) is 5.69 Å². The molecule has 1 N–H and O–H groups in total. The van der Waals surface area contributed by atoms with E-state index in [1.165, 1.54) is 44.4 Å². The fourth-order valence-electron chi connectivity index (χ4n) is 2.56. The van der Waals surface area contributed by atoms with Crippen LogP contribution in [0.4, 0.5) is 24.5 Å². The quantitative estimate of drug-likeness (QED) is 0.782. The molecule has 1 unspecified atom stereocenters. The standard InChI is InChI=1S/C18H19F3N2O4S/c1-12(17(24)22-14-6-4-5-13(11-14)18(19,20)21)23(28(3,25)26)15-7-9-16(27-2)10-8-15/h4-12H,1-3H3,(H,22,24). The van der Waals surface area contributed by atoms with Crippen molar-refractivity contribution in [3.63, 3.8) is 0 Å². The number of sulfonamides is 1. The van der Waals surface area contributed by atoms with Crippen LogP contribution in [0.25, 0.3) is 0 Å². The number of amides is 1. The number of alkyl halides is 3. The summed E-state index contributed by atoms with van der Waals surface area (Å²) < 4.78 is 68.8. The number of hydrogen-bond acceptors (Lipinski definition) is 4. The number of carbonyl (C=O) groups is 1. The molecule has 6 nitrogen and oxygen atoms in total. The van der Waals surface area contributed by atoms with Gasteiger partial charge < -0.3 is 10.1 Å². The van der Waals surface area contributed by atoms with Crippen molar-refractivity contribution in [1.82, 2.24) is 0 Å². The first kappa shape index (κ1) is 21.5. The fourth-order valence-corrected chi connectivity index (χ4v) is 3.73. The molecular weight excluding hydrogens is 397 g/mol. The van der Waals surface area contributed by atoms with Crippen molar-refractivity contribution in [3.8, 4) is 5.75 Å². The van der Waals surface area contributed by atoms with E-state index in [-0.39, 0.29) is 11.4 Å². The Kier molecular flexibility index (Phi) is 6.23. The fraction of sp³-hybridized carbons (Fsp3) is 0.278. The van der Waals surface area contributed by atoms with Crippen LogP contribution in [-0.4, -0.2) is 33.7 Å². The molecular formula is C18H19F3N2O4S. The monoisotopic (exact) mass is 416 g/mol. The van der Waals surface area contributed by atoms with Crippen LogP contribution in [0, 0.1) is 0 Å². The Balaban J connectivity index is 2.29. The molecule has 152 valence electrons. The van der Waals surface area contributed by atoms with E-state index in [9.17, 15) is 26.4 Å². The number of rotatable bonds is 6. The van der Waals surface area contributed by atoms with Gasteiger partial charge in [-0.2, -0.15) is 13.2 Å². The molecule has 1 atom stereocenters. The van der Waals surface area contributed by atoms with Crippen LogP contribution in [0.1, 0.15) is 12.5 Å². The lowest BCUT2D eigenvalue weighted by Crippen LogP contribution is -2.45. The van der Waals surface area contributed by atoms with E-state index >= 15 is 0 Å². The van der Waals surface area contributed by atoms with E-state index in [1.54, 1.807) is 0 Å². The molecule has 0 aromatic heterocycles. The largest absolute Gasteiger partial charge is 0.497 e. The summed E-state index contributed by atoms with van der Waals surface area (Å²) in [4.78, 5) is 12.5. The third kappa shape index (κ3) is 5.16. The number of anilines is 2. The summed E-state index contributed by atoms with van der Waals surface area (Å²) in [7, 11) is -2.40. The van der Waals surface area contributed by atoms with Crippen molar-refractivity contribution in [2.24, 2.45) is 0 Å². The minimum Gasteiger partial charge on any atom is -0.497 e. The van der Waals surface area contributed by atoms with Gasteiger partial charge in [0.25, 0.3) is 0 Å². The lowest BCUT2D eigenvalue weighted by Gasteiger charge is -2.28. The van der Waals surface area contributed by atoms with Gasteiger partial charge in [-0.25, -0.2) is 8.42 Å². The van der Waals surface area contributed by atoms with Gasteiger partial charge in [-0.3, -0.25) is 9.10 Å². The summed E-state index contributed by atoms with van der Waals surface area (Å²) in [6, 6.07) is 8.89. The molecule has 0 saturated heterocycles. The second-order valence-electron chi connectivity index (χ2n) is 6.00. The predicted octanol–water partition coefficient (Wildman–Crippen LogP) is 3.51. The van der Waals surface area contributed by atoms with Gasteiger partial charge in [-0.05, 0) is 49.4 Å². The van der Waals surface area contributed by atoms with E-state index in [4.69, 9.17) is 4.74 Å². The number of ether oxygens (including phenoxy) is 1. The van der Waals surface area contributed by atoms with Gasteiger partial charge in [0.2, 0.25) is 15.9 Å². The molecule has 2 aromatic rings. The van der Waals surface area contributed by atoms with Gasteiger partial charge in [0.15, 0.2) is 0 Å². The summed E-state index contributed by atoms with van der Waals surface area (Å²) in [6.45, 7) is 1.34. The Morgan fingerprint density at radius 2 is 1.75 bits per heavy atom. The van der Waals surface area contributed by atoms with E-state index in [2.05, 4.69) is 5.32 Å². The maximum absolute atomic E-state index is 12.8. The lowest BCUT2D eigenvalue weighted by molar-refractivity contribution is -0.137. The zero-order valence-corrected chi connectivity index (χ0v) is 16.1. The van der Waals surface area contributed by atoms with Crippen molar-refractivity contribution >= 4 is 27.3 Å². The van der Waals surface area contributed by atoms with E-state index in [0.29, 0.717) is 5.75 Å². The number of carbonyl (C=O) groups excluding carboxylic acids is 1. The Labute approximate surface area is 161 Å². The van der Waals surface area contributed by atoms with Gasteiger partial charge in [-0.1, -0.05) is 6.07 Å². The first-order valence-corrected chi connectivity index (χ1v) is 9.90. The van der Waals surface area contributed by atoms with E-state index in [1.807, 2.05) is 0 Å². The van der Waals surface area contributed by atoms with Crippen molar-refractivity contribution in [2.75, 3.05) is 23.0 Å². The molecule has 1 amide bonds. The lowest BCUT2D eigenvalue weighted by atomic mass is 10.2. The minimum atomic E-state index is -4.56. The number of methoxy groups -OCH3 is 1. The molecule has 10 heteroatoms. The molecule has 0 fully saturated rings. The topological polar surface area (TPSA) is 75.7 Å². The van der Waals surface area contributed by atoms with Crippen LogP contribution in [0.2, 0.25) is 0 Å². The molecule has 0 heterocycles. The van der Waals surface area contributed by atoms with E-state index in [0.717, 1.165) is 28.8 Å². The summed E-state index contributed by atoms with van der Waals surface area (Å²) in [5.74, 6) is -0.279. The van der Waals surface area contributed by atoms with Crippen molar-refractivity contribution in [1.29, 1.82) is 0 Å². The maximum Gasteiger partial charge on any atom is 0.416 e. The average molecular weight is 416 g/mol. The highest BCUT2D eigenvalue weighted by Gasteiger charge is 2.32. The smallest absolute Gasteiger partial charge is 0.416 e. The van der Waals surface area contributed by atoms with E-state index < -0.39 is 33.7 Å². The Morgan fingerprint density at radius 1 is 1.14 bits per heavy atom. The van der Waals surface area contributed by atoms with Crippen LogP contribution in [0.5, 0.6) is 5.75 Å². The summed E-state index contributed by atoms with van der Waals surface area (Å²) in [6.07, 6.45) is -3.63. The Hall–Kier alpha value is -2.75. The summed E-state index contributed by atoms with van der Waals surface area (Å²) >= 11 is 0. The normalized spacial score (nSPS) is 12.9. The second-order valence-corrected chi connectivity index (χ2v) is 7.86. The van der Waals surface area contributed by atoms with Crippen molar-refractivity contribution < 1.29 is 31.1 Å². The third-order valence-corrected chi connectivity index (χ3v) is 5.11. The second kappa shape index (κ2) is 8.09. The zero-order valence-electron chi connectivity index (χ0n) is 15.3. The molecule has 2 rings (SSSR count).